The van der Waals surface area contributed by atoms with Crippen LogP contribution in [0.15, 0.2) is 29.4 Å². The topological polar surface area (TPSA) is 77.5 Å². The van der Waals surface area contributed by atoms with E-state index in [1.165, 1.54) is 18.3 Å². The van der Waals surface area contributed by atoms with Gasteiger partial charge in [-0.1, -0.05) is 0 Å². The van der Waals surface area contributed by atoms with E-state index in [2.05, 4.69) is 4.98 Å². The molecule has 2 heterocycles. The summed E-state index contributed by atoms with van der Waals surface area (Å²) < 4.78 is 24.0. The van der Waals surface area contributed by atoms with Crippen molar-refractivity contribution in [3.8, 4) is 0 Å². The molecule has 0 aliphatic rings. The molecule has 5 nitrogen and oxygen atoms in total. The maximum absolute atomic E-state index is 11.2. The summed E-state index contributed by atoms with van der Waals surface area (Å²) in [5.41, 5.74) is 6.12. The van der Waals surface area contributed by atoms with Crippen LogP contribution in [0, 0.1) is 0 Å². The zero-order chi connectivity index (χ0) is 10.3. The number of nitrogens with zero attached hydrogens (tertiary/aromatic N) is 2. The first-order valence-electron chi connectivity index (χ1n) is 3.91. The highest BCUT2D eigenvalue weighted by Crippen LogP contribution is 2.14. The molecule has 0 bridgehead atoms. The van der Waals surface area contributed by atoms with E-state index in [0.717, 1.165) is 6.26 Å². The molecule has 0 unspecified atom stereocenters. The SMILES string of the molecule is CS(=O)(=O)c1ccn2c(N)cnc2c1. The molecule has 0 radical (unpaired) electrons. The largest absolute Gasteiger partial charge is 0.383 e. The number of hydrogen-bond donors (Lipinski definition) is 1. The summed E-state index contributed by atoms with van der Waals surface area (Å²) in [6.45, 7) is 0. The molecule has 0 atom stereocenters. The molecule has 0 aliphatic heterocycles. The fourth-order valence-electron chi connectivity index (χ4n) is 1.21. The van der Waals surface area contributed by atoms with Crippen LogP contribution in [-0.4, -0.2) is 24.1 Å². The Labute approximate surface area is 81.1 Å². The van der Waals surface area contributed by atoms with Gasteiger partial charge in [0.2, 0.25) is 0 Å². The van der Waals surface area contributed by atoms with Crippen molar-refractivity contribution in [1.29, 1.82) is 0 Å². The highest BCUT2D eigenvalue weighted by Gasteiger charge is 2.08. The number of rotatable bonds is 1. The molecule has 0 saturated carbocycles. The number of fused-ring (bicyclic) bond motifs is 1. The Hall–Kier alpha value is -1.56. The van der Waals surface area contributed by atoms with E-state index >= 15 is 0 Å². The van der Waals surface area contributed by atoms with Gasteiger partial charge in [-0.2, -0.15) is 0 Å². The molecule has 2 rings (SSSR count). The first kappa shape index (κ1) is 9.01. The zero-order valence-electron chi connectivity index (χ0n) is 7.51. The van der Waals surface area contributed by atoms with Gasteiger partial charge in [0, 0.05) is 18.5 Å². The van der Waals surface area contributed by atoms with E-state index < -0.39 is 9.84 Å². The van der Waals surface area contributed by atoms with Crippen LogP contribution < -0.4 is 5.73 Å². The third-order valence-electron chi connectivity index (χ3n) is 1.94. The van der Waals surface area contributed by atoms with Gasteiger partial charge in [0.1, 0.15) is 11.5 Å². The second kappa shape index (κ2) is 2.71. The van der Waals surface area contributed by atoms with Crippen molar-refractivity contribution in [2.24, 2.45) is 0 Å². The summed E-state index contributed by atoms with van der Waals surface area (Å²) in [7, 11) is -3.18. The lowest BCUT2D eigenvalue weighted by molar-refractivity contribution is 0.602. The summed E-state index contributed by atoms with van der Waals surface area (Å²) >= 11 is 0. The summed E-state index contributed by atoms with van der Waals surface area (Å²) in [5.74, 6) is 0.486. The molecule has 0 aliphatic carbocycles. The number of nitrogens with two attached hydrogens (primary N) is 1. The number of hydrogen-bond acceptors (Lipinski definition) is 4. The zero-order valence-corrected chi connectivity index (χ0v) is 8.32. The third-order valence-corrected chi connectivity index (χ3v) is 3.05. The van der Waals surface area contributed by atoms with E-state index in [-0.39, 0.29) is 4.90 Å². The molecule has 0 fully saturated rings. The van der Waals surface area contributed by atoms with Gasteiger partial charge in [-0.3, -0.25) is 4.40 Å². The molecule has 14 heavy (non-hydrogen) atoms. The van der Waals surface area contributed by atoms with E-state index in [0.29, 0.717) is 11.5 Å². The number of imidazole rings is 1. The summed E-state index contributed by atoms with van der Waals surface area (Å²) in [4.78, 5) is 4.21. The normalized spacial score (nSPS) is 12.1. The molecule has 0 amide bonds. The molecular formula is C8H9N3O2S. The van der Waals surface area contributed by atoms with Crippen LogP contribution in [0.25, 0.3) is 5.65 Å². The van der Waals surface area contributed by atoms with Crippen LogP contribution in [0.4, 0.5) is 5.82 Å². The van der Waals surface area contributed by atoms with Crippen molar-refractivity contribution < 1.29 is 8.42 Å². The maximum Gasteiger partial charge on any atom is 0.175 e. The predicted molar refractivity (Wildman–Crippen MR) is 52.7 cm³/mol. The van der Waals surface area contributed by atoms with Crippen molar-refractivity contribution >= 4 is 21.3 Å². The van der Waals surface area contributed by atoms with Gasteiger partial charge in [0.15, 0.2) is 9.84 Å². The fourth-order valence-corrected chi connectivity index (χ4v) is 1.84. The lowest BCUT2D eigenvalue weighted by Gasteiger charge is -1.99. The average Bonchev–Trinajstić information content (AvgIpc) is 2.46. The van der Waals surface area contributed by atoms with Crippen LogP contribution in [0.5, 0.6) is 0 Å². The third kappa shape index (κ3) is 1.33. The Bertz CT molecular complexity index is 586. The molecular weight excluding hydrogens is 202 g/mol. The van der Waals surface area contributed by atoms with E-state index in [1.807, 2.05) is 0 Å². The van der Waals surface area contributed by atoms with Crippen molar-refractivity contribution in [1.82, 2.24) is 9.38 Å². The fraction of sp³-hybridized carbons (Fsp3) is 0.125. The Balaban J connectivity index is 2.76. The molecule has 2 aromatic rings. The minimum Gasteiger partial charge on any atom is -0.383 e. The van der Waals surface area contributed by atoms with E-state index in [1.54, 1.807) is 10.6 Å². The number of aromatic nitrogens is 2. The van der Waals surface area contributed by atoms with Crippen LogP contribution in [-0.2, 0) is 9.84 Å². The first-order chi connectivity index (χ1) is 6.48. The molecule has 0 spiro atoms. The Morgan fingerprint density at radius 3 is 2.86 bits per heavy atom. The lowest BCUT2D eigenvalue weighted by Crippen LogP contribution is -1.99. The lowest BCUT2D eigenvalue weighted by atomic mass is 10.5. The van der Waals surface area contributed by atoms with Gasteiger partial charge in [-0.05, 0) is 6.07 Å². The summed E-state index contributed by atoms with van der Waals surface area (Å²) in [5, 5.41) is 0. The second-order valence-electron chi connectivity index (χ2n) is 3.05. The predicted octanol–water partition coefficient (Wildman–Crippen LogP) is 0.320. The van der Waals surface area contributed by atoms with Crippen LogP contribution in [0.1, 0.15) is 0 Å². The number of sulfone groups is 1. The van der Waals surface area contributed by atoms with E-state index in [9.17, 15) is 8.42 Å². The molecule has 2 aromatic heterocycles. The standard InChI is InChI=1S/C8H9N3O2S/c1-14(12,13)6-2-3-11-7(9)5-10-8(11)4-6/h2-5H,9H2,1H3. The van der Waals surface area contributed by atoms with Gasteiger partial charge in [-0.25, -0.2) is 13.4 Å². The van der Waals surface area contributed by atoms with Crippen LogP contribution in [0.2, 0.25) is 0 Å². The summed E-state index contributed by atoms with van der Waals surface area (Å²) in [6, 6.07) is 2.99. The van der Waals surface area contributed by atoms with Gasteiger partial charge < -0.3 is 5.73 Å². The van der Waals surface area contributed by atoms with Gasteiger partial charge in [0.05, 0.1) is 11.1 Å². The number of anilines is 1. The molecule has 0 aromatic carbocycles. The Morgan fingerprint density at radius 1 is 1.50 bits per heavy atom. The van der Waals surface area contributed by atoms with E-state index in [4.69, 9.17) is 5.73 Å². The van der Waals surface area contributed by atoms with Gasteiger partial charge in [0.25, 0.3) is 0 Å². The van der Waals surface area contributed by atoms with Gasteiger partial charge in [-0.15, -0.1) is 0 Å². The monoisotopic (exact) mass is 211 g/mol. The summed E-state index contributed by atoms with van der Waals surface area (Å²) in [6.07, 6.45) is 4.24. The Morgan fingerprint density at radius 2 is 2.21 bits per heavy atom. The maximum atomic E-state index is 11.2. The van der Waals surface area contributed by atoms with Crippen molar-refractivity contribution in [2.45, 2.75) is 4.90 Å². The van der Waals surface area contributed by atoms with Gasteiger partial charge >= 0.3 is 0 Å². The van der Waals surface area contributed by atoms with Crippen molar-refractivity contribution in [2.75, 3.05) is 12.0 Å². The average molecular weight is 211 g/mol. The minimum atomic E-state index is -3.18. The molecule has 0 saturated heterocycles. The van der Waals surface area contributed by atoms with Crippen molar-refractivity contribution in [3.63, 3.8) is 0 Å². The van der Waals surface area contributed by atoms with Crippen molar-refractivity contribution in [3.05, 3.63) is 24.5 Å². The molecule has 2 N–H and O–H groups in total. The Kier molecular flexibility index (Phi) is 1.75. The highest BCUT2D eigenvalue weighted by molar-refractivity contribution is 7.90. The minimum absolute atomic E-state index is 0.246. The smallest absolute Gasteiger partial charge is 0.175 e. The number of pyridine rings is 1. The van der Waals surface area contributed by atoms with Crippen LogP contribution in [0.3, 0.4) is 0 Å². The highest BCUT2D eigenvalue weighted by atomic mass is 32.2. The quantitative estimate of drug-likeness (QED) is 0.736. The van der Waals surface area contributed by atoms with Crippen LogP contribution >= 0.6 is 0 Å². The first-order valence-corrected chi connectivity index (χ1v) is 5.80. The molecule has 6 heteroatoms. The molecule has 74 valence electrons. The second-order valence-corrected chi connectivity index (χ2v) is 5.06. The number of nitrogen functional groups attached to an aromatic ring is 1.